The zero-order valence-electron chi connectivity index (χ0n) is 7.43. The van der Waals surface area contributed by atoms with E-state index in [2.05, 4.69) is 0 Å². The normalized spacial score (nSPS) is 14.5. The average molecular weight is 194 g/mol. The van der Waals surface area contributed by atoms with Crippen molar-refractivity contribution < 1.29 is 19.7 Å². The summed E-state index contributed by atoms with van der Waals surface area (Å²) in [4.78, 5) is 0. The highest BCUT2D eigenvalue weighted by Crippen LogP contribution is 2.32. The quantitative estimate of drug-likeness (QED) is 0.697. The molecule has 1 aromatic carbocycles. The lowest BCUT2D eigenvalue weighted by Crippen LogP contribution is -1.92. The topological polar surface area (TPSA) is 58.9 Å². The lowest BCUT2D eigenvalue weighted by molar-refractivity contribution is 0.174. The van der Waals surface area contributed by atoms with E-state index >= 15 is 0 Å². The Labute approximate surface area is 81.0 Å². The molecule has 0 aliphatic carbocycles. The maximum absolute atomic E-state index is 9.10. The fourth-order valence-electron chi connectivity index (χ4n) is 1.24. The summed E-state index contributed by atoms with van der Waals surface area (Å²) >= 11 is 0. The Bertz CT molecular complexity index is 370. The van der Waals surface area contributed by atoms with E-state index in [-0.39, 0.29) is 19.2 Å². The Morgan fingerprint density at radius 1 is 1.36 bits per heavy atom. The van der Waals surface area contributed by atoms with Crippen LogP contribution in [0.5, 0.6) is 11.5 Å². The van der Waals surface area contributed by atoms with Gasteiger partial charge in [0.05, 0.1) is 0 Å². The molecule has 0 atom stereocenters. The largest absolute Gasteiger partial charge is 0.510 e. The second-order valence-corrected chi connectivity index (χ2v) is 2.91. The molecule has 0 fully saturated rings. The van der Waals surface area contributed by atoms with Gasteiger partial charge in [-0.25, -0.2) is 0 Å². The van der Waals surface area contributed by atoms with Gasteiger partial charge in [-0.05, 0) is 23.8 Å². The van der Waals surface area contributed by atoms with Crippen LogP contribution in [0.3, 0.4) is 0 Å². The maximum Gasteiger partial charge on any atom is 0.231 e. The molecule has 4 nitrogen and oxygen atoms in total. The third-order valence-corrected chi connectivity index (χ3v) is 1.89. The Kier molecular flexibility index (Phi) is 2.28. The molecule has 1 aliphatic heterocycles. The minimum Gasteiger partial charge on any atom is -0.510 e. The molecule has 0 unspecified atom stereocenters. The first-order valence-electron chi connectivity index (χ1n) is 4.19. The van der Waals surface area contributed by atoms with Crippen molar-refractivity contribution in [3.05, 3.63) is 29.5 Å². The van der Waals surface area contributed by atoms with E-state index in [1.165, 1.54) is 6.08 Å². The van der Waals surface area contributed by atoms with Gasteiger partial charge in [-0.2, -0.15) is 0 Å². The van der Waals surface area contributed by atoms with Crippen molar-refractivity contribution in [2.75, 3.05) is 13.4 Å². The second-order valence-electron chi connectivity index (χ2n) is 2.91. The van der Waals surface area contributed by atoms with Gasteiger partial charge >= 0.3 is 0 Å². The van der Waals surface area contributed by atoms with Gasteiger partial charge in [-0.3, -0.25) is 0 Å². The van der Waals surface area contributed by atoms with Crippen LogP contribution in [-0.4, -0.2) is 23.6 Å². The fraction of sp³-hybridized carbons (Fsp3) is 0.200. The molecular weight excluding hydrogens is 184 g/mol. The van der Waals surface area contributed by atoms with Crippen LogP contribution in [0.4, 0.5) is 0 Å². The number of benzene rings is 1. The van der Waals surface area contributed by atoms with E-state index in [9.17, 15) is 0 Å². The number of ether oxygens (including phenoxy) is 2. The van der Waals surface area contributed by atoms with E-state index in [0.717, 1.165) is 5.56 Å². The average Bonchev–Trinajstić information content (AvgIpc) is 2.64. The van der Waals surface area contributed by atoms with Gasteiger partial charge in [0.2, 0.25) is 6.79 Å². The Morgan fingerprint density at radius 3 is 2.93 bits per heavy atom. The van der Waals surface area contributed by atoms with Crippen LogP contribution in [-0.2, 0) is 0 Å². The molecule has 0 amide bonds. The molecule has 2 rings (SSSR count). The number of aliphatic hydroxyl groups excluding tert-OH is 2. The lowest BCUT2D eigenvalue weighted by atomic mass is 10.2. The van der Waals surface area contributed by atoms with E-state index < -0.39 is 0 Å². The zero-order chi connectivity index (χ0) is 9.97. The molecular formula is C10H10O4. The van der Waals surface area contributed by atoms with Gasteiger partial charge in [0.15, 0.2) is 11.5 Å². The van der Waals surface area contributed by atoms with Gasteiger partial charge in [0.1, 0.15) is 12.4 Å². The van der Waals surface area contributed by atoms with Crippen molar-refractivity contribution in [1.29, 1.82) is 0 Å². The van der Waals surface area contributed by atoms with E-state index in [4.69, 9.17) is 19.7 Å². The van der Waals surface area contributed by atoms with Crippen molar-refractivity contribution >= 4 is 6.08 Å². The van der Waals surface area contributed by atoms with Crippen molar-refractivity contribution in [2.45, 2.75) is 0 Å². The standard InChI is InChI=1S/C10H10O4/c11-5-8(12)3-7-1-2-9-10(4-7)14-6-13-9/h1-4,11-12H,5-6H2. The minimum absolute atomic E-state index is 0.0798. The Hall–Kier alpha value is -1.68. The zero-order valence-corrected chi connectivity index (χ0v) is 7.43. The summed E-state index contributed by atoms with van der Waals surface area (Å²) < 4.78 is 10.3. The minimum atomic E-state index is -0.367. The number of hydrogen-bond acceptors (Lipinski definition) is 4. The van der Waals surface area contributed by atoms with Crippen molar-refractivity contribution in [2.24, 2.45) is 0 Å². The van der Waals surface area contributed by atoms with Crippen LogP contribution in [0.2, 0.25) is 0 Å². The van der Waals surface area contributed by atoms with E-state index in [0.29, 0.717) is 11.5 Å². The van der Waals surface area contributed by atoms with Crippen LogP contribution in [0.1, 0.15) is 5.56 Å². The van der Waals surface area contributed by atoms with Crippen molar-refractivity contribution in [3.63, 3.8) is 0 Å². The number of hydrogen-bond donors (Lipinski definition) is 2. The molecule has 4 heteroatoms. The van der Waals surface area contributed by atoms with Gasteiger partial charge in [-0.15, -0.1) is 0 Å². The molecule has 1 aromatic rings. The van der Waals surface area contributed by atoms with Gasteiger partial charge < -0.3 is 19.7 Å². The first-order valence-corrected chi connectivity index (χ1v) is 4.19. The summed E-state index contributed by atoms with van der Waals surface area (Å²) in [5, 5.41) is 17.7. The molecule has 0 saturated carbocycles. The first kappa shape index (κ1) is 8.90. The summed E-state index contributed by atoms with van der Waals surface area (Å²) in [6.07, 6.45) is 1.47. The number of rotatable bonds is 2. The monoisotopic (exact) mass is 194 g/mol. The molecule has 14 heavy (non-hydrogen) atoms. The Balaban J connectivity index is 2.29. The third-order valence-electron chi connectivity index (χ3n) is 1.89. The molecule has 0 bridgehead atoms. The summed E-state index contributed by atoms with van der Waals surface area (Å²) in [6.45, 7) is -0.136. The summed E-state index contributed by atoms with van der Waals surface area (Å²) in [5.41, 5.74) is 0.765. The number of fused-ring (bicyclic) bond motifs is 1. The van der Waals surface area contributed by atoms with Crippen molar-refractivity contribution in [1.82, 2.24) is 0 Å². The predicted octanol–water partition coefficient (Wildman–Crippen LogP) is 1.31. The van der Waals surface area contributed by atoms with Crippen molar-refractivity contribution in [3.8, 4) is 11.5 Å². The molecule has 0 radical (unpaired) electrons. The van der Waals surface area contributed by atoms with Crippen LogP contribution < -0.4 is 9.47 Å². The highest BCUT2D eigenvalue weighted by Gasteiger charge is 2.12. The summed E-state index contributed by atoms with van der Waals surface area (Å²) in [5.74, 6) is 1.28. The molecule has 74 valence electrons. The third kappa shape index (κ3) is 1.65. The molecule has 1 aliphatic rings. The molecule has 1 heterocycles. The Morgan fingerprint density at radius 2 is 2.14 bits per heavy atom. The van der Waals surface area contributed by atoms with Gasteiger partial charge in [0.25, 0.3) is 0 Å². The SMILES string of the molecule is OCC(O)=Cc1ccc2c(c1)OCO2. The molecule has 0 aromatic heterocycles. The predicted molar refractivity (Wildman–Crippen MR) is 50.3 cm³/mol. The van der Waals surface area contributed by atoms with Gasteiger partial charge in [-0.1, -0.05) is 6.07 Å². The smallest absolute Gasteiger partial charge is 0.231 e. The maximum atomic E-state index is 9.10. The van der Waals surface area contributed by atoms with Crippen LogP contribution in [0.25, 0.3) is 6.08 Å². The first-order chi connectivity index (χ1) is 6.79. The van der Waals surface area contributed by atoms with E-state index in [1.807, 2.05) is 0 Å². The highest BCUT2D eigenvalue weighted by molar-refractivity contribution is 5.57. The second kappa shape index (κ2) is 3.59. The molecule has 2 N–H and O–H groups in total. The summed E-state index contributed by atoms with van der Waals surface area (Å²) in [7, 11) is 0. The molecule has 0 saturated heterocycles. The van der Waals surface area contributed by atoms with Crippen LogP contribution >= 0.6 is 0 Å². The fourth-order valence-corrected chi connectivity index (χ4v) is 1.24. The molecule has 0 spiro atoms. The van der Waals surface area contributed by atoms with Crippen LogP contribution in [0.15, 0.2) is 24.0 Å². The van der Waals surface area contributed by atoms with Gasteiger partial charge in [0, 0.05) is 0 Å². The number of aliphatic hydroxyl groups is 2. The van der Waals surface area contributed by atoms with E-state index in [1.54, 1.807) is 18.2 Å². The highest BCUT2D eigenvalue weighted by atomic mass is 16.7. The van der Waals surface area contributed by atoms with Crippen LogP contribution in [0, 0.1) is 0 Å². The lowest BCUT2D eigenvalue weighted by Gasteiger charge is -1.98. The summed E-state index contributed by atoms with van der Waals surface area (Å²) in [6, 6.07) is 5.28.